The maximum atomic E-state index is 10.4. The van der Waals surface area contributed by atoms with Crippen LogP contribution in [0.25, 0.3) is 0 Å². The van der Waals surface area contributed by atoms with E-state index in [-0.39, 0.29) is 88.7 Å². The van der Waals surface area contributed by atoms with Crippen LogP contribution in [0.5, 0.6) is 0 Å². The van der Waals surface area contributed by atoms with Gasteiger partial charge in [0.15, 0.2) is 0 Å². The van der Waals surface area contributed by atoms with Crippen LogP contribution in [0.4, 0.5) is 0 Å². The Kier molecular flexibility index (Phi) is 12.3. The van der Waals surface area contributed by atoms with Crippen molar-refractivity contribution in [3.05, 3.63) is 35.9 Å². The van der Waals surface area contributed by atoms with E-state index in [1.807, 2.05) is 30.3 Å². The van der Waals surface area contributed by atoms with Crippen molar-refractivity contribution in [2.45, 2.75) is 6.29 Å². The summed E-state index contributed by atoms with van der Waals surface area (Å²) in [7, 11) is -1.83. The summed E-state index contributed by atoms with van der Waals surface area (Å²) >= 11 is 0. The number of rotatable bonds is 1. The average molecular weight is 238 g/mol. The van der Waals surface area contributed by atoms with Crippen molar-refractivity contribution in [2.75, 3.05) is 0 Å². The van der Waals surface area contributed by atoms with E-state index in [0.717, 1.165) is 5.56 Å². The van der Waals surface area contributed by atoms with Crippen molar-refractivity contribution < 1.29 is 13.6 Å². The Bertz CT molecular complexity index is 275. The van der Waals surface area contributed by atoms with Crippen LogP contribution >= 0.6 is 8.25 Å². The first-order chi connectivity index (χ1) is 5.36. The molecule has 1 aromatic rings. The molecule has 1 saturated heterocycles. The SMILES string of the molecule is O=[P+]1OC(c2ccccc2)O1.[Na].[Na].[Na]. The second kappa shape index (κ2) is 9.29. The van der Waals surface area contributed by atoms with E-state index in [2.05, 4.69) is 0 Å². The molecule has 7 heteroatoms. The second-order valence-electron chi connectivity index (χ2n) is 2.18. The summed E-state index contributed by atoms with van der Waals surface area (Å²) in [4.78, 5) is 0. The van der Waals surface area contributed by atoms with Gasteiger partial charge < -0.3 is 0 Å². The third-order valence-corrected chi connectivity index (χ3v) is 2.16. The normalized spacial score (nSPS) is 20.6. The summed E-state index contributed by atoms with van der Waals surface area (Å²) in [5, 5.41) is 0. The van der Waals surface area contributed by atoms with Crippen LogP contribution in [-0.4, -0.2) is 88.7 Å². The van der Waals surface area contributed by atoms with Gasteiger partial charge in [-0.05, 0) is 0 Å². The molecule has 1 heterocycles. The first kappa shape index (κ1) is 18.6. The number of hydrogen-bond acceptors (Lipinski definition) is 3. The minimum absolute atomic E-state index is 0. The topological polar surface area (TPSA) is 35.5 Å². The van der Waals surface area contributed by atoms with E-state index in [1.165, 1.54) is 0 Å². The summed E-state index contributed by atoms with van der Waals surface area (Å²) in [5.74, 6) is 0. The zero-order chi connectivity index (χ0) is 7.68. The van der Waals surface area contributed by atoms with Crippen molar-refractivity contribution >= 4 is 96.9 Å². The number of benzene rings is 1. The van der Waals surface area contributed by atoms with Gasteiger partial charge in [0.25, 0.3) is 6.29 Å². The molecule has 0 aliphatic carbocycles. The maximum absolute atomic E-state index is 10.4. The molecule has 1 fully saturated rings. The van der Waals surface area contributed by atoms with E-state index in [0.29, 0.717) is 0 Å². The predicted molar refractivity (Wildman–Crippen MR) is 56.2 cm³/mol. The molecule has 0 amide bonds. The van der Waals surface area contributed by atoms with Gasteiger partial charge in [-0.2, -0.15) is 0 Å². The minimum Gasteiger partial charge on any atom is -0.0765 e. The van der Waals surface area contributed by atoms with Crippen molar-refractivity contribution in [2.24, 2.45) is 0 Å². The van der Waals surface area contributed by atoms with Crippen molar-refractivity contribution in [1.29, 1.82) is 0 Å². The van der Waals surface area contributed by atoms with Crippen LogP contribution in [0, 0.1) is 0 Å². The Balaban J connectivity index is 0. The molecule has 0 atom stereocenters. The molecule has 0 saturated carbocycles. The maximum Gasteiger partial charge on any atom is 0.703 e. The minimum atomic E-state index is -1.83. The van der Waals surface area contributed by atoms with Crippen molar-refractivity contribution in [1.82, 2.24) is 0 Å². The van der Waals surface area contributed by atoms with Gasteiger partial charge in [0.1, 0.15) is 0 Å². The van der Waals surface area contributed by atoms with E-state index < -0.39 is 14.5 Å². The molecule has 3 nitrogen and oxygen atoms in total. The van der Waals surface area contributed by atoms with E-state index in [4.69, 9.17) is 9.05 Å². The third kappa shape index (κ3) is 5.05. The summed E-state index contributed by atoms with van der Waals surface area (Å²) in [6.07, 6.45) is -0.417. The Morgan fingerprint density at radius 3 is 1.93 bits per heavy atom. The van der Waals surface area contributed by atoms with Gasteiger partial charge in [0.2, 0.25) is 0 Å². The molecule has 1 aromatic carbocycles. The Labute approximate surface area is 150 Å². The fourth-order valence-corrected chi connectivity index (χ4v) is 1.47. The monoisotopic (exact) mass is 238 g/mol. The molecule has 0 unspecified atom stereocenters. The molecule has 1 aliphatic heterocycles. The predicted octanol–water partition coefficient (Wildman–Crippen LogP) is 1.25. The Morgan fingerprint density at radius 2 is 1.50 bits per heavy atom. The zero-order valence-corrected chi connectivity index (χ0v) is 15.5. The molecule has 0 aromatic heterocycles. The van der Waals surface area contributed by atoms with Gasteiger partial charge in [-0.1, -0.05) is 39.4 Å². The molecule has 14 heavy (non-hydrogen) atoms. The first-order valence-electron chi connectivity index (χ1n) is 3.22. The van der Waals surface area contributed by atoms with E-state index >= 15 is 0 Å². The Morgan fingerprint density at radius 1 is 1.00 bits per heavy atom. The number of hydrogen-bond donors (Lipinski definition) is 0. The molecule has 59 valence electrons. The van der Waals surface area contributed by atoms with Gasteiger partial charge in [0.05, 0.1) is 0 Å². The molecule has 1 aliphatic rings. The molecular formula is C7H6Na3O3P+. The summed E-state index contributed by atoms with van der Waals surface area (Å²) in [6, 6.07) is 9.41. The molecule has 2 rings (SSSR count). The smallest absolute Gasteiger partial charge is 0.0765 e. The summed E-state index contributed by atoms with van der Waals surface area (Å²) in [6.45, 7) is 0. The van der Waals surface area contributed by atoms with Crippen LogP contribution in [0.3, 0.4) is 0 Å². The zero-order valence-electron chi connectivity index (χ0n) is 8.64. The van der Waals surface area contributed by atoms with Crippen molar-refractivity contribution in [3.63, 3.8) is 0 Å². The van der Waals surface area contributed by atoms with E-state index in [1.54, 1.807) is 0 Å². The third-order valence-electron chi connectivity index (χ3n) is 1.44. The van der Waals surface area contributed by atoms with Gasteiger partial charge in [0, 0.05) is 98.8 Å². The molecule has 0 bridgehead atoms. The van der Waals surface area contributed by atoms with Gasteiger partial charge in [-0.25, -0.2) is 0 Å². The van der Waals surface area contributed by atoms with Crippen LogP contribution in [0.2, 0.25) is 0 Å². The molecule has 0 N–H and O–H groups in total. The van der Waals surface area contributed by atoms with E-state index in [9.17, 15) is 4.57 Å². The molecular weight excluding hydrogens is 232 g/mol. The summed E-state index contributed by atoms with van der Waals surface area (Å²) < 4.78 is 20.0. The second-order valence-corrected chi connectivity index (χ2v) is 3.05. The van der Waals surface area contributed by atoms with Crippen LogP contribution in [-0.2, 0) is 13.6 Å². The largest absolute Gasteiger partial charge is 0.703 e. The Hall–Kier alpha value is 2.24. The fraction of sp³-hybridized carbons (Fsp3) is 0.143. The van der Waals surface area contributed by atoms with Gasteiger partial charge >= 0.3 is 8.25 Å². The van der Waals surface area contributed by atoms with Crippen LogP contribution in [0.15, 0.2) is 30.3 Å². The van der Waals surface area contributed by atoms with Gasteiger partial charge in [-0.15, -0.1) is 0 Å². The van der Waals surface area contributed by atoms with Gasteiger partial charge in [-0.3, -0.25) is 0 Å². The quantitative estimate of drug-likeness (QED) is 0.545. The average Bonchev–Trinajstić information content (AvgIpc) is 2.01. The molecule has 3 radical (unpaired) electrons. The first-order valence-corrected chi connectivity index (χ1v) is 4.31. The fourth-order valence-electron chi connectivity index (χ4n) is 0.896. The van der Waals surface area contributed by atoms with Crippen LogP contribution in [0.1, 0.15) is 11.9 Å². The van der Waals surface area contributed by atoms with Crippen molar-refractivity contribution in [3.8, 4) is 0 Å². The van der Waals surface area contributed by atoms with Crippen LogP contribution < -0.4 is 0 Å². The molecule has 0 spiro atoms. The summed E-state index contributed by atoms with van der Waals surface area (Å²) in [5.41, 5.74) is 0.905. The standard InChI is InChI=1S/C7H6O3P.3Na/c8-11-9-7(10-11)6-4-2-1-3-5-6;;;/h1-5,7H;;;/q+1;;;.